The van der Waals surface area contributed by atoms with Crippen LogP contribution in [0.25, 0.3) is 0 Å². The summed E-state index contributed by atoms with van der Waals surface area (Å²) in [4.78, 5) is 36.8. The van der Waals surface area contributed by atoms with Gasteiger partial charge in [-0.2, -0.15) is 9.78 Å². The summed E-state index contributed by atoms with van der Waals surface area (Å²) in [5.41, 5.74) is 1.42. The van der Waals surface area contributed by atoms with Crippen molar-refractivity contribution in [2.75, 3.05) is 26.2 Å². The number of amides is 1. The smallest absolute Gasteiger partial charge is 0.358 e. The second kappa shape index (κ2) is 7.95. The molecule has 1 aliphatic rings. The van der Waals surface area contributed by atoms with E-state index in [-0.39, 0.29) is 18.1 Å². The molecule has 0 saturated carbocycles. The van der Waals surface area contributed by atoms with E-state index in [0.29, 0.717) is 26.2 Å². The maximum atomic E-state index is 12.6. The van der Waals surface area contributed by atoms with Crippen molar-refractivity contribution in [3.05, 3.63) is 43.4 Å². The van der Waals surface area contributed by atoms with Crippen LogP contribution in [-0.2, 0) is 24.9 Å². The van der Waals surface area contributed by atoms with E-state index in [2.05, 4.69) is 15.1 Å². The van der Waals surface area contributed by atoms with Gasteiger partial charge in [-0.05, 0) is 18.8 Å². The van der Waals surface area contributed by atoms with Gasteiger partial charge in [0.05, 0.1) is 15.7 Å². The predicted molar refractivity (Wildman–Crippen MR) is 100 cm³/mol. The molecule has 1 aliphatic heterocycles. The zero-order chi connectivity index (χ0) is 21.3. The third kappa shape index (κ3) is 4.23. The number of hydrogen-bond acceptors (Lipinski definition) is 8. The summed E-state index contributed by atoms with van der Waals surface area (Å²) in [6, 6.07) is 0. The minimum atomic E-state index is -0.911. The molecule has 0 bridgehead atoms. The SMILES string of the molecule is Cc1nn(C)cc1CN1CCN(C(=O)Cn2nc([N+](=O)[O-])c([N+](=O)[O-])c2C)CC1. The maximum Gasteiger partial charge on any atom is 0.468 e. The highest BCUT2D eigenvalue weighted by Crippen LogP contribution is 2.29. The van der Waals surface area contributed by atoms with E-state index in [9.17, 15) is 25.0 Å². The van der Waals surface area contributed by atoms with Gasteiger partial charge in [0, 0.05) is 51.5 Å². The van der Waals surface area contributed by atoms with E-state index in [0.717, 1.165) is 22.5 Å². The lowest BCUT2D eigenvalue weighted by Crippen LogP contribution is -2.49. The highest BCUT2D eigenvalue weighted by atomic mass is 16.6. The van der Waals surface area contributed by atoms with Crippen LogP contribution in [0.1, 0.15) is 17.0 Å². The average Bonchev–Trinajstić information content (AvgIpc) is 3.14. The quantitative estimate of drug-likeness (QED) is 0.495. The molecule has 3 rings (SSSR count). The van der Waals surface area contributed by atoms with Crippen molar-refractivity contribution in [1.29, 1.82) is 0 Å². The van der Waals surface area contributed by atoms with Gasteiger partial charge in [0.1, 0.15) is 12.2 Å². The predicted octanol–water partition coefficient (Wildman–Crippen LogP) is 0.394. The van der Waals surface area contributed by atoms with E-state index in [1.54, 1.807) is 9.58 Å². The minimum absolute atomic E-state index is 0.0132. The number of aryl methyl sites for hydroxylation is 2. The van der Waals surface area contributed by atoms with Crippen molar-refractivity contribution in [3.63, 3.8) is 0 Å². The minimum Gasteiger partial charge on any atom is -0.358 e. The largest absolute Gasteiger partial charge is 0.468 e. The lowest BCUT2D eigenvalue weighted by atomic mass is 10.2. The molecule has 1 fully saturated rings. The molecule has 1 amide bonds. The van der Waals surface area contributed by atoms with E-state index in [4.69, 9.17) is 0 Å². The van der Waals surface area contributed by atoms with Gasteiger partial charge < -0.3 is 15.0 Å². The molecule has 156 valence electrons. The van der Waals surface area contributed by atoms with Crippen LogP contribution in [0.5, 0.6) is 0 Å². The Labute approximate surface area is 165 Å². The summed E-state index contributed by atoms with van der Waals surface area (Å²) in [6.07, 6.45) is 1.98. The zero-order valence-electron chi connectivity index (χ0n) is 16.4. The number of carbonyl (C=O) groups excluding carboxylic acids is 1. The molecular formula is C16H22N8O5. The molecule has 0 aromatic carbocycles. The number of nitrogens with zero attached hydrogens (tertiary/aromatic N) is 8. The molecule has 0 unspecified atom stereocenters. The van der Waals surface area contributed by atoms with Gasteiger partial charge >= 0.3 is 11.5 Å². The van der Waals surface area contributed by atoms with Gasteiger partial charge in [-0.3, -0.25) is 24.5 Å². The Morgan fingerprint density at radius 3 is 2.24 bits per heavy atom. The summed E-state index contributed by atoms with van der Waals surface area (Å²) < 4.78 is 2.80. The van der Waals surface area contributed by atoms with Crippen molar-refractivity contribution in [1.82, 2.24) is 29.4 Å². The van der Waals surface area contributed by atoms with Gasteiger partial charge in [0.25, 0.3) is 0 Å². The van der Waals surface area contributed by atoms with Gasteiger partial charge in [-0.15, -0.1) is 0 Å². The third-order valence-electron chi connectivity index (χ3n) is 5.03. The van der Waals surface area contributed by atoms with Gasteiger partial charge in [0.15, 0.2) is 0 Å². The summed E-state index contributed by atoms with van der Waals surface area (Å²) in [5, 5.41) is 30.1. The van der Waals surface area contributed by atoms with Crippen LogP contribution in [0.4, 0.5) is 11.5 Å². The first-order chi connectivity index (χ1) is 13.7. The van der Waals surface area contributed by atoms with Crippen molar-refractivity contribution in [2.45, 2.75) is 26.9 Å². The summed E-state index contributed by atoms with van der Waals surface area (Å²) in [5.74, 6) is -1.13. The zero-order valence-corrected chi connectivity index (χ0v) is 16.4. The van der Waals surface area contributed by atoms with Crippen LogP contribution in [0, 0.1) is 34.1 Å². The molecule has 0 N–H and O–H groups in total. The molecule has 13 heteroatoms. The Morgan fingerprint density at radius 1 is 1.10 bits per heavy atom. The third-order valence-corrected chi connectivity index (χ3v) is 5.03. The monoisotopic (exact) mass is 406 g/mol. The van der Waals surface area contributed by atoms with Gasteiger partial charge in [-0.25, -0.2) is 0 Å². The van der Waals surface area contributed by atoms with Gasteiger partial charge in [0.2, 0.25) is 5.91 Å². The van der Waals surface area contributed by atoms with Crippen molar-refractivity contribution >= 4 is 17.4 Å². The molecule has 0 aliphatic carbocycles. The molecule has 13 nitrogen and oxygen atoms in total. The Kier molecular flexibility index (Phi) is 5.59. The Balaban J connectivity index is 1.61. The Bertz CT molecular complexity index is 957. The molecule has 0 radical (unpaired) electrons. The first-order valence-corrected chi connectivity index (χ1v) is 9.02. The summed E-state index contributed by atoms with van der Waals surface area (Å²) in [7, 11) is 1.87. The molecule has 0 atom stereocenters. The lowest BCUT2D eigenvalue weighted by molar-refractivity contribution is -0.424. The van der Waals surface area contributed by atoms with Gasteiger partial charge in [-0.1, -0.05) is 0 Å². The molecule has 29 heavy (non-hydrogen) atoms. The second-order valence-electron chi connectivity index (χ2n) is 7.00. The lowest BCUT2D eigenvalue weighted by Gasteiger charge is -2.34. The standard InChI is InChI=1S/C16H22N8O5/c1-11-13(8-19(3)17-11)9-20-4-6-21(7-5-20)14(25)10-22-12(2)15(23(26)27)16(18-22)24(28)29/h8H,4-7,9-10H2,1-3H3. The number of nitro groups is 2. The molecule has 3 heterocycles. The number of carbonyl (C=O) groups is 1. The van der Waals surface area contributed by atoms with Crippen molar-refractivity contribution in [3.8, 4) is 0 Å². The number of hydrogen-bond donors (Lipinski definition) is 0. The van der Waals surface area contributed by atoms with E-state index in [1.807, 2.05) is 20.2 Å². The first-order valence-electron chi connectivity index (χ1n) is 9.02. The fraction of sp³-hybridized carbons (Fsp3) is 0.562. The number of aromatic nitrogens is 4. The van der Waals surface area contributed by atoms with Crippen LogP contribution in [-0.4, -0.2) is 71.3 Å². The molecule has 1 saturated heterocycles. The number of piperazine rings is 1. The number of rotatable bonds is 6. The second-order valence-corrected chi connectivity index (χ2v) is 7.00. The Hall–Kier alpha value is -3.35. The molecule has 2 aromatic rings. The summed E-state index contributed by atoms with van der Waals surface area (Å²) >= 11 is 0. The normalized spacial score (nSPS) is 14.9. The molecule has 0 spiro atoms. The highest BCUT2D eigenvalue weighted by molar-refractivity contribution is 5.76. The van der Waals surface area contributed by atoms with Crippen LogP contribution >= 0.6 is 0 Å². The average molecular weight is 406 g/mol. The van der Waals surface area contributed by atoms with Crippen LogP contribution in [0.2, 0.25) is 0 Å². The van der Waals surface area contributed by atoms with E-state index in [1.165, 1.54) is 6.92 Å². The van der Waals surface area contributed by atoms with Crippen molar-refractivity contribution in [2.24, 2.45) is 7.05 Å². The van der Waals surface area contributed by atoms with Crippen LogP contribution in [0.3, 0.4) is 0 Å². The first kappa shape index (κ1) is 20.4. The van der Waals surface area contributed by atoms with E-state index >= 15 is 0 Å². The Morgan fingerprint density at radius 2 is 1.76 bits per heavy atom. The topological polar surface area (TPSA) is 145 Å². The van der Waals surface area contributed by atoms with Crippen LogP contribution < -0.4 is 0 Å². The summed E-state index contributed by atoms with van der Waals surface area (Å²) in [6.45, 7) is 6.14. The molecule has 2 aromatic heterocycles. The van der Waals surface area contributed by atoms with Crippen LogP contribution in [0.15, 0.2) is 6.20 Å². The fourth-order valence-electron chi connectivity index (χ4n) is 3.44. The van der Waals surface area contributed by atoms with Crippen molar-refractivity contribution < 1.29 is 14.6 Å². The van der Waals surface area contributed by atoms with E-state index < -0.39 is 21.4 Å². The fourth-order valence-corrected chi connectivity index (χ4v) is 3.44. The maximum absolute atomic E-state index is 12.6. The highest BCUT2D eigenvalue weighted by Gasteiger charge is 2.36. The molecular weight excluding hydrogens is 384 g/mol.